The molecule has 2 aliphatic rings. The average Bonchev–Trinajstić information content (AvgIpc) is 3.15. The zero-order valence-electron chi connectivity index (χ0n) is 9.21. The molecule has 0 amide bonds. The molecule has 0 spiro atoms. The number of halogens is 1. The Morgan fingerprint density at radius 1 is 1.38 bits per heavy atom. The third kappa shape index (κ3) is 1.87. The van der Waals surface area contributed by atoms with Crippen LogP contribution < -0.4 is 10.5 Å². The lowest BCUT2D eigenvalue weighted by molar-refractivity contribution is 0.301. The number of hydrogen-bond acceptors (Lipinski definition) is 2. The Morgan fingerprint density at radius 3 is 2.62 bits per heavy atom. The van der Waals surface area contributed by atoms with E-state index in [9.17, 15) is 0 Å². The van der Waals surface area contributed by atoms with Crippen LogP contribution >= 0.6 is 15.9 Å². The van der Waals surface area contributed by atoms with Gasteiger partial charge < -0.3 is 10.5 Å². The van der Waals surface area contributed by atoms with E-state index < -0.39 is 0 Å². The van der Waals surface area contributed by atoms with Crippen LogP contribution in [-0.2, 0) is 5.41 Å². The number of nitrogens with two attached hydrogens (primary N) is 1. The van der Waals surface area contributed by atoms with E-state index in [4.69, 9.17) is 10.5 Å². The Bertz CT molecular complexity index is 410. The molecular weight excluding hydrogens is 266 g/mol. The third-order valence-electron chi connectivity index (χ3n) is 3.61. The summed E-state index contributed by atoms with van der Waals surface area (Å²) in [5.41, 5.74) is 7.45. The van der Waals surface area contributed by atoms with Gasteiger partial charge in [0, 0.05) is 12.0 Å². The molecule has 0 aromatic heterocycles. The first-order valence-electron chi connectivity index (χ1n) is 5.90. The van der Waals surface area contributed by atoms with Crippen molar-refractivity contribution in [2.75, 3.05) is 6.54 Å². The minimum Gasteiger partial charge on any atom is -0.489 e. The summed E-state index contributed by atoms with van der Waals surface area (Å²) in [4.78, 5) is 0. The first kappa shape index (κ1) is 10.6. The second kappa shape index (κ2) is 3.74. The first-order valence-corrected chi connectivity index (χ1v) is 6.70. The molecule has 0 aliphatic heterocycles. The number of rotatable bonds is 4. The average molecular weight is 282 g/mol. The van der Waals surface area contributed by atoms with E-state index in [1.807, 2.05) is 0 Å². The molecule has 2 fully saturated rings. The van der Waals surface area contributed by atoms with Crippen molar-refractivity contribution in [3.05, 3.63) is 28.2 Å². The van der Waals surface area contributed by atoms with E-state index in [1.54, 1.807) is 0 Å². The molecule has 86 valence electrons. The summed E-state index contributed by atoms with van der Waals surface area (Å²) in [6.07, 6.45) is 5.28. The fourth-order valence-electron chi connectivity index (χ4n) is 2.05. The van der Waals surface area contributed by atoms with Gasteiger partial charge in [-0.3, -0.25) is 0 Å². The van der Waals surface area contributed by atoms with Gasteiger partial charge in [0.2, 0.25) is 0 Å². The SMILES string of the molecule is NCC1(c2ccc(OC3CC3)c(Br)c2)CC1. The molecule has 1 aromatic carbocycles. The molecule has 2 nitrogen and oxygen atoms in total. The first-order chi connectivity index (χ1) is 7.73. The highest BCUT2D eigenvalue weighted by atomic mass is 79.9. The highest BCUT2D eigenvalue weighted by molar-refractivity contribution is 9.10. The van der Waals surface area contributed by atoms with Crippen LogP contribution in [0.2, 0.25) is 0 Å². The van der Waals surface area contributed by atoms with Crippen molar-refractivity contribution in [2.24, 2.45) is 5.73 Å². The molecule has 2 saturated carbocycles. The smallest absolute Gasteiger partial charge is 0.133 e. The maximum atomic E-state index is 5.83. The van der Waals surface area contributed by atoms with Crippen LogP contribution in [0.4, 0.5) is 0 Å². The Balaban J connectivity index is 1.84. The van der Waals surface area contributed by atoms with Crippen molar-refractivity contribution in [3.63, 3.8) is 0 Å². The Kier molecular flexibility index (Phi) is 2.48. The number of ether oxygens (including phenoxy) is 1. The molecule has 1 aromatic rings. The summed E-state index contributed by atoms with van der Waals surface area (Å²) >= 11 is 3.59. The van der Waals surface area contributed by atoms with Crippen LogP contribution in [0.3, 0.4) is 0 Å². The molecule has 2 N–H and O–H groups in total. The minimum atomic E-state index is 0.265. The van der Waals surface area contributed by atoms with Gasteiger partial charge in [-0.05, 0) is 59.3 Å². The number of benzene rings is 1. The molecule has 0 radical (unpaired) electrons. The van der Waals surface area contributed by atoms with Gasteiger partial charge in [0.15, 0.2) is 0 Å². The van der Waals surface area contributed by atoms with Crippen LogP contribution in [0.15, 0.2) is 22.7 Å². The largest absolute Gasteiger partial charge is 0.489 e. The zero-order chi connectivity index (χ0) is 11.2. The summed E-state index contributed by atoms with van der Waals surface area (Å²) in [5, 5.41) is 0. The normalized spacial score (nSPS) is 21.9. The summed E-state index contributed by atoms with van der Waals surface area (Å²) in [7, 11) is 0. The van der Waals surface area contributed by atoms with Crippen LogP contribution in [0.25, 0.3) is 0 Å². The molecule has 0 atom stereocenters. The number of hydrogen-bond donors (Lipinski definition) is 1. The summed E-state index contributed by atoms with van der Waals surface area (Å²) in [6, 6.07) is 6.42. The van der Waals surface area contributed by atoms with Crippen LogP contribution in [0.1, 0.15) is 31.2 Å². The van der Waals surface area contributed by atoms with Crippen molar-refractivity contribution < 1.29 is 4.74 Å². The second-order valence-electron chi connectivity index (χ2n) is 4.95. The molecule has 0 saturated heterocycles. The minimum absolute atomic E-state index is 0.265. The summed E-state index contributed by atoms with van der Waals surface area (Å²) in [5.74, 6) is 0.971. The van der Waals surface area contributed by atoms with Crippen molar-refractivity contribution in [1.82, 2.24) is 0 Å². The molecule has 2 aliphatic carbocycles. The van der Waals surface area contributed by atoms with E-state index >= 15 is 0 Å². The van der Waals surface area contributed by atoms with Crippen LogP contribution in [0.5, 0.6) is 5.75 Å². The maximum Gasteiger partial charge on any atom is 0.133 e. The van der Waals surface area contributed by atoms with Gasteiger partial charge in [0.05, 0.1) is 10.6 Å². The van der Waals surface area contributed by atoms with Crippen molar-refractivity contribution in [1.29, 1.82) is 0 Å². The lowest BCUT2D eigenvalue weighted by Crippen LogP contribution is -2.19. The van der Waals surface area contributed by atoms with E-state index in [-0.39, 0.29) is 5.41 Å². The highest BCUT2D eigenvalue weighted by Crippen LogP contribution is 2.48. The van der Waals surface area contributed by atoms with Gasteiger partial charge >= 0.3 is 0 Å². The molecule has 0 unspecified atom stereocenters. The third-order valence-corrected chi connectivity index (χ3v) is 4.23. The van der Waals surface area contributed by atoms with Gasteiger partial charge in [-0.1, -0.05) is 6.07 Å². The van der Waals surface area contributed by atoms with Gasteiger partial charge in [0.1, 0.15) is 5.75 Å². The topological polar surface area (TPSA) is 35.2 Å². The van der Waals surface area contributed by atoms with Crippen molar-refractivity contribution in [3.8, 4) is 5.75 Å². The monoisotopic (exact) mass is 281 g/mol. The Hall–Kier alpha value is -0.540. The van der Waals surface area contributed by atoms with Crippen molar-refractivity contribution >= 4 is 15.9 Å². The van der Waals surface area contributed by atoms with E-state index in [2.05, 4.69) is 34.1 Å². The fraction of sp³-hybridized carbons (Fsp3) is 0.538. The molecule has 0 heterocycles. The molecular formula is C13H16BrNO. The Morgan fingerprint density at radius 2 is 2.12 bits per heavy atom. The van der Waals surface area contributed by atoms with Crippen LogP contribution in [-0.4, -0.2) is 12.6 Å². The van der Waals surface area contributed by atoms with Gasteiger partial charge in [0.25, 0.3) is 0 Å². The maximum absolute atomic E-state index is 5.83. The zero-order valence-corrected chi connectivity index (χ0v) is 10.8. The van der Waals surface area contributed by atoms with E-state index in [0.29, 0.717) is 6.10 Å². The molecule has 3 rings (SSSR count). The predicted molar refractivity (Wildman–Crippen MR) is 67.8 cm³/mol. The van der Waals surface area contributed by atoms with E-state index in [0.717, 1.165) is 16.8 Å². The molecule has 3 heteroatoms. The molecule has 16 heavy (non-hydrogen) atoms. The Labute approximate surface area is 104 Å². The standard InChI is InChI=1S/C13H16BrNO/c14-11-7-9(13(8-15)5-6-13)1-4-12(11)16-10-2-3-10/h1,4,7,10H,2-3,5-6,8,15H2. The summed E-state index contributed by atoms with van der Waals surface area (Å²) in [6.45, 7) is 0.752. The summed E-state index contributed by atoms with van der Waals surface area (Å²) < 4.78 is 6.87. The fourth-order valence-corrected chi connectivity index (χ4v) is 2.53. The van der Waals surface area contributed by atoms with Crippen LogP contribution in [0, 0.1) is 0 Å². The highest BCUT2D eigenvalue weighted by Gasteiger charge is 2.43. The van der Waals surface area contributed by atoms with Crippen molar-refractivity contribution in [2.45, 2.75) is 37.2 Å². The van der Waals surface area contributed by atoms with Gasteiger partial charge in [-0.25, -0.2) is 0 Å². The quantitative estimate of drug-likeness (QED) is 0.921. The lowest BCUT2D eigenvalue weighted by atomic mass is 9.96. The van der Waals surface area contributed by atoms with Gasteiger partial charge in [-0.2, -0.15) is 0 Å². The predicted octanol–water partition coefficient (Wildman–Crippen LogP) is 2.98. The van der Waals surface area contributed by atoms with E-state index in [1.165, 1.54) is 31.2 Å². The molecule has 0 bridgehead atoms. The lowest BCUT2D eigenvalue weighted by Gasteiger charge is -2.15. The second-order valence-corrected chi connectivity index (χ2v) is 5.80. The van der Waals surface area contributed by atoms with Gasteiger partial charge in [-0.15, -0.1) is 0 Å².